The molecule has 0 aliphatic rings. The molecular weight excluding hydrogens is 370 g/mol. The molecule has 0 unspecified atom stereocenters. The van der Waals surface area contributed by atoms with Crippen LogP contribution in [0.2, 0.25) is 5.02 Å². The minimum atomic E-state index is -4.10. The highest BCUT2D eigenvalue weighted by Gasteiger charge is 2.25. The van der Waals surface area contributed by atoms with Gasteiger partial charge in [0.2, 0.25) is 0 Å². The fourth-order valence-corrected chi connectivity index (χ4v) is 4.82. The number of benzene rings is 1. The van der Waals surface area contributed by atoms with Crippen molar-refractivity contribution < 1.29 is 8.42 Å². The number of aryl methyl sites for hydroxylation is 3. The second kappa shape index (κ2) is 5.87. The van der Waals surface area contributed by atoms with Crippen molar-refractivity contribution in [3.05, 3.63) is 55.9 Å². The molecule has 2 aromatic heterocycles. The lowest BCUT2D eigenvalue weighted by atomic mass is 10.2. The molecule has 0 fully saturated rings. The van der Waals surface area contributed by atoms with Gasteiger partial charge in [-0.2, -0.15) is 0 Å². The maximum atomic E-state index is 12.8. The smallest absolute Gasteiger partial charge is 0.279 e. The molecule has 0 saturated heterocycles. The molecule has 2 heterocycles. The first-order valence-corrected chi connectivity index (χ1v) is 9.71. The molecule has 0 saturated carbocycles. The quantitative estimate of drug-likeness (QED) is 0.753. The van der Waals surface area contributed by atoms with E-state index >= 15 is 0 Å². The van der Waals surface area contributed by atoms with Gasteiger partial charge in [-0.15, -0.1) is 11.3 Å². The summed E-state index contributed by atoms with van der Waals surface area (Å²) in [5, 5.41) is 2.16. The average Bonchev–Trinajstić information content (AvgIpc) is 2.83. The van der Waals surface area contributed by atoms with Crippen LogP contribution < -0.4 is 10.3 Å². The van der Waals surface area contributed by atoms with Gasteiger partial charge in [-0.1, -0.05) is 17.7 Å². The number of nitrogens with one attached hydrogen (secondary N) is 1. The number of hydrogen-bond acceptors (Lipinski definition) is 5. The highest BCUT2D eigenvalue weighted by atomic mass is 35.5. The minimum absolute atomic E-state index is 0.161. The Morgan fingerprint density at radius 1 is 1.25 bits per heavy atom. The summed E-state index contributed by atoms with van der Waals surface area (Å²) in [5.74, 6) is 0. The SMILES string of the molecule is Cc1ccc(Cl)cc1NS(=O)(=O)c1c(C)nc2scc(C)n2c1=O. The summed E-state index contributed by atoms with van der Waals surface area (Å²) in [4.78, 5) is 17.1. The molecule has 126 valence electrons. The largest absolute Gasteiger partial charge is 0.279 e. The zero-order chi connectivity index (χ0) is 17.6. The molecule has 0 spiro atoms. The Kier molecular flexibility index (Phi) is 4.15. The standard InChI is InChI=1S/C15H14ClN3O3S2/c1-8-4-5-11(16)6-12(8)18-24(21,22)13-10(3)17-15-19(14(13)20)9(2)7-23-15/h4-7,18H,1-3H3. The molecule has 3 rings (SSSR count). The van der Waals surface area contributed by atoms with Crippen LogP contribution in [-0.4, -0.2) is 17.8 Å². The fraction of sp³-hybridized carbons (Fsp3) is 0.200. The third-order valence-electron chi connectivity index (χ3n) is 3.58. The first-order valence-electron chi connectivity index (χ1n) is 6.97. The van der Waals surface area contributed by atoms with Crippen molar-refractivity contribution in [2.45, 2.75) is 25.7 Å². The van der Waals surface area contributed by atoms with Gasteiger partial charge in [0.05, 0.1) is 11.4 Å². The van der Waals surface area contributed by atoms with E-state index in [0.717, 1.165) is 0 Å². The van der Waals surface area contributed by atoms with Crippen LogP contribution in [0.3, 0.4) is 0 Å². The molecule has 0 bridgehead atoms. The highest BCUT2D eigenvalue weighted by molar-refractivity contribution is 7.92. The summed E-state index contributed by atoms with van der Waals surface area (Å²) in [6.07, 6.45) is 0. The van der Waals surface area contributed by atoms with Crippen LogP contribution in [0.25, 0.3) is 4.96 Å². The second-order valence-electron chi connectivity index (χ2n) is 5.39. The summed E-state index contributed by atoms with van der Waals surface area (Å²) < 4.78 is 29.3. The Morgan fingerprint density at radius 3 is 2.67 bits per heavy atom. The number of anilines is 1. The lowest BCUT2D eigenvalue weighted by Gasteiger charge is -2.12. The van der Waals surface area contributed by atoms with Crippen LogP contribution in [0.1, 0.15) is 17.0 Å². The van der Waals surface area contributed by atoms with Gasteiger partial charge in [0.15, 0.2) is 9.86 Å². The molecule has 1 aromatic carbocycles. The van der Waals surface area contributed by atoms with Gasteiger partial charge >= 0.3 is 0 Å². The number of nitrogens with zero attached hydrogens (tertiary/aromatic N) is 2. The van der Waals surface area contributed by atoms with Gasteiger partial charge in [-0.05, 0) is 38.5 Å². The van der Waals surface area contributed by atoms with E-state index < -0.39 is 15.6 Å². The summed E-state index contributed by atoms with van der Waals surface area (Å²) in [6, 6.07) is 4.87. The average molecular weight is 384 g/mol. The first kappa shape index (κ1) is 16.9. The van der Waals surface area contributed by atoms with Gasteiger partial charge in [-0.25, -0.2) is 13.4 Å². The van der Waals surface area contributed by atoms with Gasteiger partial charge in [0, 0.05) is 16.1 Å². The van der Waals surface area contributed by atoms with Crippen molar-refractivity contribution in [2.24, 2.45) is 0 Å². The molecule has 1 N–H and O–H groups in total. The van der Waals surface area contributed by atoms with Gasteiger partial charge in [0.25, 0.3) is 15.6 Å². The number of fused-ring (bicyclic) bond motifs is 1. The van der Waals surface area contributed by atoms with Crippen molar-refractivity contribution in [3.63, 3.8) is 0 Å². The summed E-state index contributed by atoms with van der Waals surface area (Å²) in [7, 11) is -4.10. The lowest BCUT2D eigenvalue weighted by molar-refractivity contribution is 0.598. The summed E-state index contributed by atoms with van der Waals surface area (Å²) >= 11 is 7.22. The predicted octanol–water partition coefficient (Wildman–Crippen LogP) is 3.14. The molecule has 0 atom stereocenters. The van der Waals surface area contributed by atoms with E-state index in [9.17, 15) is 13.2 Å². The molecular formula is C15H14ClN3O3S2. The Balaban J connectivity index is 2.20. The van der Waals surface area contributed by atoms with Gasteiger partial charge in [-0.3, -0.25) is 13.9 Å². The fourth-order valence-electron chi connectivity index (χ4n) is 2.38. The van der Waals surface area contributed by atoms with Gasteiger partial charge in [0.1, 0.15) is 0 Å². The monoisotopic (exact) mass is 383 g/mol. The van der Waals surface area contributed by atoms with Crippen LogP contribution in [0, 0.1) is 20.8 Å². The maximum Gasteiger partial charge on any atom is 0.279 e. The Bertz CT molecular complexity index is 1120. The molecule has 0 aliphatic carbocycles. The van der Waals surface area contributed by atoms with E-state index in [1.165, 1.54) is 28.7 Å². The lowest BCUT2D eigenvalue weighted by Crippen LogP contribution is -2.28. The summed E-state index contributed by atoms with van der Waals surface area (Å²) in [6.45, 7) is 4.99. The number of aromatic nitrogens is 2. The van der Waals surface area contributed by atoms with E-state index in [0.29, 0.717) is 26.9 Å². The predicted molar refractivity (Wildman–Crippen MR) is 95.8 cm³/mol. The topological polar surface area (TPSA) is 80.5 Å². The molecule has 3 aromatic rings. The maximum absolute atomic E-state index is 12.8. The van der Waals surface area contributed by atoms with Crippen LogP contribution >= 0.6 is 22.9 Å². The van der Waals surface area contributed by atoms with Crippen LogP contribution in [0.4, 0.5) is 5.69 Å². The molecule has 6 nitrogen and oxygen atoms in total. The molecule has 0 radical (unpaired) electrons. The number of thiazole rings is 1. The van der Waals surface area contributed by atoms with Crippen molar-refractivity contribution in [3.8, 4) is 0 Å². The first-order chi connectivity index (χ1) is 11.2. The number of sulfonamides is 1. The molecule has 24 heavy (non-hydrogen) atoms. The number of hydrogen-bond donors (Lipinski definition) is 1. The van der Waals surface area contributed by atoms with E-state index in [1.54, 1.807) is 31.4 Å². The molecule has 0 aliphatic heterocycles. The molecule has 9 heteroatoms. The van der Waals surface area contributed by atoms with Crippen molar-refractivity contribution in [1.82, 2.24) is 9.38 Å². The van der Waals surface area contributed by atoms with Crippen LogP contribution in [0.15, 0.2) is 33.3 Å². The zero-order valence-electron chi connectivity index (χ0n) is 13.1. The van der Waals surface area contributed by atoms with Crippen molar-refractivity contribution in [2.75, 3.05) is 4.72 Å². The number of rotatable bonds is 3. The van der Waals surface area contributed by atoms with Crippen LogP contribution in [-0.2, 0) is 10.0 Å². The number of halogens is 1. The zero-order valence-corrected chi connectivity index (χ0v) is 15.5. The third kappa shape index (κ3) is 2.81. The normalized spacial score (nSPS) is 11.8. The van der Waals surface area contributed by atoms with Crippen molar-refractivity contribution >= 4 is 43.6 Å². The Hall–Kier alpha value is -1.90. The van der Waals surface area contributed by atoms with Gasteiger partial charge < -0.3 is 0 Å². The Morgan fingerprint density at radius 2 is 1.96 bits per heavy atom. The third-order valence-corrected chi connectivity index (χ3v) is 6.26. The molecule has 0 amide bonds. The van der Waals surface area contributed by atoms with Crippen molar-refractivity contribution in [1.29, 1.82) is 0 Å². The van der Waals surface area contributed by atoms with E-state index in [4.69, 9.17) is 11.6 Å². The van der Waals surface area contributed by atoms with E-state index in [-0.39, 0.29) is 10.6 Å². The minimum Gasteiger partial charge on any atom is -0.279 e. The Labute approximate surface area is 147 Å². The highest BCUT2D eigenvalue weighted by Crippen LogP contribution is 2.24. The van der Waals surface area contributed by atoms with Crippen LogP contribution in [0.5, 0.6) is 0 Å². The van der Waals surface area contributed by atoms with E-state index in [1.807, 2.05) is 0 Å². The van der Waals surface area contributed by atoms with E-state index in [2.05, 4.69) is 9.71 Å². The second-order valence-corrected chi connectivity index (χ2v) is 8.28. The summed E-state index contributed by atoms with van der Waals surface area (Å²) in [5.41, 5.74) is 1.22.